The number of hydrogen-bond donors (Lipinski definition) is 0. The van der Waals surface area contributed by atoms with E-state index in [0.717, 1.165) is 43.1 Å². The van der Waals surface area contributed by atoms with Gasteiger partial charge in [-0.05, 0) is 58.1 Å². The molecule has 0 spiro atoms. The lowest BCUT2D eigenvalue weighted by Crippen LogP contribution is -2.43. The van der Waals surface area contributed by atoms with E-state index in [1.807, 2.05) is 31.9 Å². The van der Waals surface area contributed by atoms with E-state index in [1.165, 1.54) is 23.1 Å². The number of halogens is 3. The summed E-state index contributed by atoms with van der Waals surface area (Å²) in [5, 5.41) is 4.93. The third-order valence-electron chi connectivity index (χ3n) is 8.42. The fourth-order valence-corrected chi connectivity index (χ4v) is 7.22. The highest BCUT2D eigenvalue weighted by Gasteiger charge is 2.50. The molecule has 4 heterocycles. The number of amides is 1. The molecule has 14 heteroatoms. The molecular weight excluding hydrogens is 583 g/mol. The number of aryl methyl sites for hydroxylation is 1. The normalized spacial score (nSPS) is 19.3. The molecule has 5 rings (SSSR count). The molecular formula is C29H38F3N7O3S. The Balaban J connectivity index is 1.69. The number of anilines is 3. The fraction of sp³-hybridized carbons (Fsp3) is 0.552. The SMILES string of the molecule is CC[C@H]1c2cc3nc(N4CCCC4)c(C)c(n3n2)N(C)CCCCN(S(=O)(=O)C(F)(F)F)c2ccc(C)cc2C(=O)N1C. The predicted octanol–water partition coefficient (Wildman–Crippen LogP) is 5.06. The number of fused-ring (bicyclic) bond motifs is 2. The van der Waals surface area contributed by atoms with Crippen LogP contribution in [-0.2, 0) is 10.0 Å². The Morgan fingerprint density at radius 2 is 1.63 bits per heavy atom. The zero-order valence-corrected chi connectivity index (χ0v) is 26.0. The van der Waals surface area contributed by atoms with Gasteiger partial charge in [0, 0.05) is 51.9 Å². The third-order valence-corrected chi connectivity index (χ3v) is 9.97. The summed E-state index contributed by atoms with van der Waals surface area (Å²) in [4.78, 5) is 24.7. The maximum Gasteiger partial charge on any atom is 0.516 e. The van der Waals surface area contributed by atoms with Crippen molar-refractivity contribution < 1.29 is 26.4 Å². The van der Waals surface area contributed by atoms with Crippen molar-refractivity contribution in [1.29, 1.82) is 0 Å². The van der Waals surface area contributed by atoms with E-state index < -0.39 is 34.0 Å². The molecule has 2 bridgehead atoms. The molecule has 2 aromatic heterocycles. The van der Waals surface area contributed by atoms with E-state index in [2.05, 4.69) is 4.90 Å². The topological polar surface area (TPSA) is 94.4 Å². The average molecular weight is 622 g/mol. The first-order valence-electron chi connectivity index (χ1n) is 14.6. The van der Waals surface area contributed by atoms with Crippen LogP contribution in [0.3, 0.4) is 0 Å². The summed E-state index contributed by atoms with van der Waals surface area (Å²) in [5.74, 6) is 1.07. The Hall–Kier alpha value is -3.55. The van der Waals surface area contributed by atoms with Crippen LogP contribution in [0.2, 0.25) is 0 Å². The Labute approximate surface area is 250 Å². The highest BCUT2D eigenvalue weighted by Crippen LogP contribution is 2.37. The number of benzene rings is 1. The number of alkyl halides is 3. The molecule has 1 saturated heterocycles. The molecule has 1 aromatic carbocycles. The molecule has 0 radical (unpaired) electrons. The second-order valence-electron chi connectivity index (χ2n) is 11.4. The maximum atomic E-state index is 14.0. The Morgan fingerprint density at radius 3 is 2.28 bits per heavy atom. The van der Waals surface area contributed by atoms with Gasteiger partial charge in [0.1, 0.15) is 11.6 Å². The Bertz CT molecular complexity index is 1630. The molecule has 1 atom stereocenters. The first-order chi connectivity index (χ1) is 20.3. The van der Waals surface area contributed by atoms with E-state index in [4.69, 9.17) is 10.1 Å². The first-order valence-corrected chi connectivity index (χ1v) is 16.0. The quantitative estimate of drug-likeness (QED) is 0.404. The summed E-state index contributed by atoms with van der Waals surface area (Å²) in [6.07, 6.45) is 3.13. The summed E-state index contributed by atoms with van der Waals surface area (Å²) in [5.41, 5.74) is -3.16. The van der Waals surface area contributed by atoms with Crippen molar-refractivity contribution >= 4 is 38.9 Å². The molecule has 10 nitrogen and oxygen atoms in total. The van der Waals surface area contributed by atoms with Gasteiger partial charge in [-0.25, -0.2) is 4.98 Å². The summed E-state index contributed by atoms with van der Waals surface area (Å²) in [6, 6.07) is 5.56. The number of sulfonamides is 1. The van der Waals surface area contributed by atoms with Gasteiger partial charge in [-0.1, -0.05) is 18.6 Å². The van der Waals surface area contributed by atoms with Gasteiger partial charge < -0.3 is 14.7 Å². The smallest absolute Gasteiger partial charge is 0.359 e. The first kappa shape index (κ1) is 30.9. The van der Waals surface area contributed by atoms with Crippen LogP contribution in [0.5, 0.6) is 0 Å². The summed E-state index contributed by atoms with van der Waals surface area (Å²) in [7, 11) is -2.32. The van der Waals surface area contributed by atoms with E-state index in [-0.39, 0.29) is 17.7 Å². The molecule has 234 valence electrons. The standard InChI is InChI=1S/C29H38F3N7O3S/c1-6-23-22-18-25-33-26(37-14-8-9-15-37)20(3)27(39(25)34-22)35(4)13-7-10-16-38(43(41,42)29(30,31)32)24-12-11-19(2)17-21(24)28(40)36(23)5/h11-12,17-18,23H,6-10,13-16H2,1-5H3/t23-/m0/s1. The van der Waals surface area contributed by atoms with Crippen LogP contribution < -0.4 is 14.1 Å². The van der Waals surface area contributed by atoms with Crippen LogP contribution in [0.25, 0.3) is 5.65 Å². The van der Waals surface area contributed by atoms with Gasteiger partial charge in [0.2, 0.25) is 0 Å². The summed E-state index contributed by atoms with van der Waals surface area (Å²) in [6.45, 7) is 7.38. The number of carbonyl (C=O) groups is 1. The van der Waals surface area contributed by atoms with Gasteiger partial charge in [-0.15, -0.1) is 0 Å². The second kappa shape index (κ2) is 11.5. The molecule has 1 amide bonds. The minimum absolute atomic E-state index is 0.115. The lowest BCUT2D eigenvalue weighted by Gasteiger charge is -2.30. The van der Waals surface area contributed by atoms with E-state index in [9.17, 15) is 26.4 Å². The van der Waals surface area contributed by atoms with Gasteiger partial charge >= 0.3 is 15.5 Å². The molecule has 0 N–H and O–H groups in total. The monoisotopic (exact) mass is 621 g/mol. The number of carbonyl (C=O) groups excluding carboxylic acids is 1. The number of nitrogens with zero attached hydrogens (tertiary/aromatic N) is 7. The maximum absolute atomic E-state index is 14.0. The van der Waals surface area contributed by atoms with Crippen LogP contribution in [0.1, 0.15) is 72.2 Å². The van der Waals surface area contributed by atoms with Gasteiger partial charge in [-0.2, -0.15) is 31.2 Å². The lowest BCUT2D eigenvalue weighted by molar-refractivity contribution is -0.0438. The minimum Gasteiger partial charge on any atom is -0.359 e. The van der Waals surface area contributed by atoms with E-state index >= 15 is 0 Å². The van der Waals surface area contributed by atoms with Gasteiger partial charge in [-0.3, -0.25) is 9.10 Å². The van der Waals surface area contributed by atoms with Crippen molar-refractivity contribution in [3.05, 3.63) is 46.6 Å². The van der Waals surface area contributed by atoms with Crippen LogP contribution in [-0.4, -0.2) is 79.6 Å². The predicted molar refractivity (Wildman–Crippen MR) is 160 cm³/mol. The van der Waals surface area contributed by atoms with Gasteiger partial charge in [0.15, 0.2) is 5.65 Å². The highest BCUT2D eigenvalue weighted by molar-refractivity contribution is 7.93. The molecule has 0 saturated carbocycles. The lowest BCUT2D eigenvalue weighted by atomic mass is 10.0. The fourth-order valence-electron chi connectivity index (χ4n) is 6.18. The zero-order valence-electron chi connectivity index (χ0n) is 25.1. The molecule has 0 aliphatic carbocycles. The van der Waals surface area contributed by atoms with Crippen LogP contribution >= 0.6 is 0 Å². The number of rotatable bonds is 3. The average Bonchev–Trinajstić information content (AvgIpc) is 3.62. The van der Waals surface area contributed by atoms with E-state index in [0.29, 0.717) is 40.6 Å². The summed E-state index contributed by atoms with van der Waals surface area (Å²) >= 11 is 0. The van der Waals surface area contributed by atoms with Crippen molar-refractivity contribution in [2.24, 2.45) is 0 Å². The van der Waals surface area contributed by atoms with Crippen molar-refractivity contribution in [1.82, 2.24) is 19.5 Å². The molecule has 3 aromatic rings. The van der Waals surface area contributed by atoms with Crippen molar-refractivity contribution in [3.63, 3.8) is 0 Å². The van der Waals surface area contributed by atoms with Gasteiger partial charge in [0.25, 0.3) is 5.91 Å². The van der Waals surface area contributed by atoms with Crippen molar-refractivity contribution in [2.45, 2.75) is 64.4 Å². The summed E-state index contributed by atoms with van der Waals surface area (Å²) < 4.78 is 69.7. The largest absolute Gasteiger partial charge is 0.516 e. The molecule has 1 fully saturated rings. The van der Waals surface area contributed by atoms with Crippen molar-refractivity contribution in [3.8, 4) is 0 Å². The van der Waals surface area contributed by atoms with Crippen LogP contribution in [0, 0.1) is 13.8 Å². The molecule has 0 unspecified atom stereocenters. The van der Waals surface area contributed by atoms with Crippen molar-refractivity contribution in [2.75, 3.05) is 54.4 Å². The number of hydrogen-bond acceptors (Lipinski definition) is 7. The van der Waals surface area contributed by atoms with Gasteiger partial charge in [0.05, 0.1) is 23.0 Å². The Kier molecular flexibility index (Phi) is 8.27. The minimum atomic E-state index is -5.78. The van der Waals surface area contributed by atoms with E-state index in [1.54, 1.807) is 18.5 Å². The molecule has 43 heavy (non-hydrogen) atoms. The third kappa shape index (κ3) is 5.49. The molecule has 2 aliphatic heterocycles. The zero-order chi connectivity index (χ0) is 31.3. The Morgan fingerprint density at radius 1 is 0.977 bits per heavy atom. The molecule has 2 aliphatic rings. The van der Waals surface area contributed by atoms with Crippen LogP contribution in [0.15, 0.2) is 24.3 Å². The second-order valence-corrected chi connectivity index (χ2v) is 13.3. The highest BCUT2D eigenvalue weighted by atomic mass is 32.2. The number of aromatic nitrogens is 3. The van der Waals surface area contributed by atoms with Crippen LogP contribution in [0.4, 0.5) is 30.5 Å².